The average molecular weight is 773 g/mol. The van der Waals surface area contributed by atoms with Gasteiger partial charge in [0.05, 0.1) is 5.41 Å². The molecule has 0 bridgehead atoms. The van der Waals surface area contributed by atoms with Crippen molar-refractivity contribution >= 4 is 0 Å². The van der Waals surface area contributed by atoms with Crippen LogP contribution < -0.4 is 0 Å². The van der Waals surface area contributed by atoms with Crippen LogP contribution in [0.15, 0.2) is 243 Å². The molecule has 284 valence electrons. The molecule has 0 aliphatic heterocycles. The maximum absolute atomic E-state index is 2.39. The molecule has 0 amide bonds. The Morgan fingerprint density at radius 3 is 0.852 bits per heavy atom. The van der Waals surface area contributed by atoms with E-state index in [1.165, 1.54) is 111 Å². The van der Waals surface area contributed by atoms with Gasteiger partial charge in [-0.15, -0.1) is 0 Å². The molecule has 0 heteroatoms. The van der Waals surface area contributed by atoms with Crippen LogP contribution in [0.2, 0.25) is 0 Å². The molecule has 0 radical (unpaired) electrons. The van der Waals surface area contributed by atoms with Crippen molar-refractivity contribution in [3.63, 3.8) is 0 Å². The van der Waals surface area contributed by atoms with E-state index >= 15 is 0 Å². The van der Waals surface area contributed by atoms with Gasteiger partial charge in [-0.25, -0.2) is 0 Å². The summed E-state index contributed by atoms with van der Waals surface area (Å²) in [7, 11) is 0. The van der Waals surface area contributed by atoms with Crippen LogP contribution in [0.1, 0.15) is 22.3 Å². The van der Waals surface area contributed by atoms with Crippen molar-refractivity contribution in [1.29, 1.82) is 0 Å². The van der Waals surface area contributed by atoms with Gasteiger partial charge in [-0.05, 0) is 136 Å². The number of benzene rings is 10. The van der Waals surface area contributed by atoms with Crippen molar-refractivity contribution in [2.45, 2.75) is 5.41 Å². The van der Waals surface area contributed by atoms with E-state index in [2.05, 4.69) is 243 Å². The van der Waals surface area contributed by atoms with Gasteiger partial charge in [0.1, 0.15) is 0 Å². The van der Waals surface area contributed by atoms with Crippen molar-refractivity contribution in [3.8, 4) is 89.0 Å². The molecular weight excluding hydrogens is 733 g/mol. The SMILES string of the molecule is c1ccc(-c2cccc(-c3cccc(-c4cccc5c4-c4ccccc4C54c5ccccc5-c5c(-c6cccc(-c7cccc(-c8ccccc8)c7)c6)cccc54)c3)c2)cc1. The van der Waals surface area contributed by atoms with Crippen LogP contribution in [0.3, 0.4) is 0 Å². The molecule has 0 fully saturated rings. The lowest BCUT2D eigenvalue weighted by molar-refractivity contribution is 0.794. The number of hydrogen-bond donors (Lipinski definition) is 0. The second-order valence-corrected chi connectivity index (χ2v) is 16.4. The van der Waals surface area contributed by atoms with Crippen LogP contribution in [0.4, 0.5) is 0 Å². The van der Waals surface area contributed by atoms with E-state index in [-0.39, 0.29) is 0 Å². The molecule has 10 aromatic rings. The first kappa shape index (κ1) is 35.2. The minimum Gasteiger partial charge on any atom is -0.0622 e. The van der Waals surface area contributed by atoms with Crippen molar-refractivity contribution < 1.29 is 0 Å². The summed E-state index contributed by atoms with van der Waals surface area (Å²) >= 11 is 0. The van der Waals surface area contributed by atoms with Gasteiger partial charge in [0.15, 0.2) is 0 Å². The van der Waals surface area contributed by atoms with Crippen LogP contribution >= 0.6 is 0 Å². The fraction of sp³-hybridized carbons (Fsp3) is 0.0164. The third kappa shape index (κ3) is 5.53. The summed E-state index contributed by atoms with van der Waals surface area (Å²) in [5.74, 6) is 0. The minimum absolute atomic E-state index is 0.465. The molecule has 2 aliphatic carbocycles. The topological polar surface area (TPSA) is 0 Å². The monoisotopic (exact) mass is 772 g/mol. The standard InChI is InChI=1S/C61H40/c1-3-17-41(18-4-1)43-21-11-23-45(37-43)47-25-13-27-49(39-47)51-31-15-35-57-59(51)53-29-7-9-33-55(53)61(57)56-34-10-8-30-54(56)60-52(32-16-36-58(60)61)50-28-14-26-48(40-50)46-24-12-22-44(38-46)42-19-5-2-6-20-42/h1-40H. The maximum Gasteiger partial charge on any atom is 0.0725 e. The van der Waals surface area contributed by atoms with E-state index in [4.69, 9.17) is 0 Å². The third-order valence-corrected chi connectivity index (χ3v) is 13.1. The molecule has 0 heterocycles. The summed E-state index contributed by atoms with van der Waals surface area (Å²) in [6.45, 7) is 0. The largest absolute Gasteiger partial charge is 0.0725 e. The second kappa shape index (κ2) is 14.2. The van der Waals surface area contributed by atoms with E-state index in [1.807, 2.05) is 0 Å². The lowest BCUT2D eigenvalue weighted by Crippen LogP contribution is -2.25. The highest BCUT2D eigenvalue weighted by Crippen LogP contribution is 2.65. The zero-order valence-corrected chi connectivity index (χ0v) is 33.6. The van der Waals surface area contributed by atoms with Crippen LogP contribution in [0, 0.1) is 0 Å². The molecular formula is C61H40. The lowest BCUT2D eigenvalue weighted by Gasteiger charge is -2.30. The molecule has 61 heavy (non-hydrogen) atoms. The van der Waals surface area contributed by atoms with Crippen molar-refractivity contribution in [2.75, 3.05) is 0 Å². The summed E-state index contributed by atoms with van der Waals surface area (Å²) in [6, 6.07) is 89.7. The minimum atomic E-state index is -0.465. The van der Waals surface area contributed by atoms with E-state index < -0.39 is 5.41 Å². The van der Waals surface area contributed by atoms with E-state index in [0.29, 0.717) is 0 Å². The highest BCUT2D eigenvalue weighted by Gasteiger charge is 2.52. The zero-order chi connectivity index (χ0) is 40.3. The van der Waals surface area contributed by atoms with Gasteiger partial charge in [0, 0.05) is 0 Å². The fourth-order valence-corrected chi connectivity index (χ4v) is 10.5. The Labute approximate surface area is 357 Å². The lowest BCUT2D eigenvalue weighted by atomic mass is 9.70. The van der Waals surface area contributed by atoms with E-state index in [1.54, 1.807) is 0 Å². The van der Waals surface area contributed by atoms with Gasteiger partial charge in [0.2, 0.25) is 0 Å². The first-order valence-electron chi connectivity index (χ1n) is 21.2. The van der Waals surface area contributed by atoms with Gasteiger partial charge in [-0.2, -0.15) is 0 Å². The quantitative estimate of drug-likeness (QED) is 0.158. The Balaban J connectivity index is 1.02. The molecule has 12 rings (SSSR count). The summed E-state index contributed by atoms with van der Waals surface area (Å²) in [6.07, 6.45) is 0. The van der Waals surface area contributed by atoms with Crippen LogP contribution in [-0.4, -0.2) is 0 Å². The van der Waals surface area contributed by atoms with Crippen molar-refractivity contribution in [1.82, 2.24) is 0 Å². The summed E-state index contributed by atoms with van der Waals surface area (Å²) < 4.78 is 0. The second-order valence-electron chi connectivity index (χ2n) is 16.4. The molecule has 10 aromatic carbocycles. The first-order chi connectivity index (χ1) is 30.3. The number of fused-ring (bicyclic) bond motifs is 10. The Morgan fingerprint density at radius 1 is 0.180 bits per heavy atom. The normalized spacial score (nSPS) is 12.7. The number of hydrogen-bond acceptors (Lipinski definition) is 0. The highest BCUT2D eigenvalue weighted by molar-refractivity contribution is 6.03. The van der Waals surface area contributed by atoms with Crippen molar-refractivity contribution in [3.05, 3.63) is 265 Å². The Kier molecular flexibility index (Phi) is 8.18. The maximum atomic E-state index is 2.39. The van der Waals surface area contributed by atoms with Gasteiger partial charge in [0.25, 0.3) is 0 Å². The Hall–Kier alpha value is -7.80. The molecule has 0 unspecified atom stereocenters. The summed E-state index contributed by atoms with van der Waals surface area (Å²) in [5.41, 5.74) is 24.9. The van der Waals surface area contributed by atoms with Gasteiger partial charge >= 0.3 is 0 Å². The van der Waals surface area contributed by atoms with Crippen LogP contribution in [0.25, 0.3) is 89.0 Å². The van der Waals surface area contributed by atoms with Crippen LogP contribution in [0.5, 0.6) is 0 Å². The molecule has 0 nitrogen and oxygen atoms in total. The third-order valence-electron chi connectivity index (χ3n) is 13.1. The predicted octanol–water partition coefficient (Wildman–Crippen LogP) is 16.0. The Morgan fingerprint density at radius 2 is 0.443 bits per heavy atom. The molecule has 2 aliphatic rings. The first-order valence-corrected chi connectivity index (χ1v) is 21.2. The van der Waals surface area contributed by atoms with Crippen LogP contribution in [-0.2, 0) is 5.41 Å². The zero-order valence-electron chi connectivity index (χ0n) is 33.6. The van der Waals surface area contributed by atoms with Crippen molar-refractivity contribution in [2.24, 2.45) is 0 Å². The smallest absolute Gasteiger partial charge is 0.0622 e. The highest BCUT2D eigenvalue weighted by atomic mass is 14.5. The molecule has 0 aromatic heterocycles. The molecule has 0 N–H and O–H groups in total. The van der Waals surface area contributed by atoms with Gasteiger partial charge in [-0.3, -0.25) is 0 Å². The Bertz CT molecular complexity index is 3070. The van der Waals surface area contributed by atoms with E-state index in [9.17, 15) is 0 Å². The fourth-order valence-electron chi connectivity index (χ4n) is 10.5. The van der Waals surface area contributed by atoms with E-state index in [0.717, 1.165) is 0 Å². The molecule has 0 atom stereocenters. The molecule has 1 spiro atoms. The number of rotatable bonds is 6. The average Bonchev–Trinajstić information content (AvgIpc) is 3.82. The van der Waals surface area contributed by atoms with Gasteiger partial charge < -0.3 is 0 Å². The van der Waals surface area contributed by atoms with Gasteiger partial charge in [-0.1, -0.05) is 218 Å². The summed E-state index contributed by atoms with van der Waals surface area (Å²) in [4.78, 5) is 0. The summed E-state index contributed by atoms with van der Waals surface area (Å²) in [5, 5.41) is 0. The molecule has 0 saturated carbocycles. The predicted molar refractivity (Wildman–Crippen MR) is 255 cm³/mol. The molecule has 0 saturated heterocycles.